The molecule has 0 spiro atoms. The van der Waals surface area contributed by atoms with Crippen molar-refractivity contribution in [3.63, 3.8) is 0 Å². The summed E-state index contributed by atoms with van der Waals surface area (Å²) in [6.45, 7) is -0.252. The summed E-state index contributed by atoms with van der Waals surface area (Å²) >= 11 is 0. The zero-order valence-electron chi connectivity index (χ0n) is 10.8. The predicted octanol–water partition coefficient (Wildman–Crippen LogP) is -0.773. The van der Waals surface area contributed by atoms with Gasteiger partial charge in [0.1, 0.15) is 0 Å². The number of carbonyl (C=O) groups excluding carboxylic acids is 1. The number of amides is 1. The number of halogens is 3. The van der Waals surface area contributed by atoms with E-state index in [1.54, 1.807) is 4.90 Å². The molecule has 0 radical (unpaired) electrons. The summed E-state index contributed by atoms with van der Waals surface area (Å²) in [6.07, 6.45) is 0. The third kappa shape index (κ3) is 4.70. The molecule has 1 aromatic rings. The second-order valence-electron chi connectivity index (χ2n) is 3.67. The van der Waals surface area contributed by atoms with Crippen LogP contribution in [-0.4, -0.2) is 30.9 Å². The molecule has 0 atom stereocenters. The van der Waals surface area contributed by atoms with Gasteiger partial charge in [0, 0.05) is 18.7 Å². The zero-order valence-corrected chi connectivity index (χ0v) is 13.9. The molecule has 1 aromatic carbocycles. The maximum atomic E-state index is 12.4. The van der Waals surface area contributed by atoms with Gasteiger partial charge in [-0.2, -0.15) is 0 Å². The first-order chi connectivity index (χ1) is 7.90. The van der Waals surface area contributed by atoms with Gasteiger partial charge < -0.3 is 17.8 Å². The van der Waals surface area contributed by atoms with Crippen molar-refractivity contribution in [2.75, 3.05) is 13.1 Å². The number of benzene rings is 1. The Kier molecular flexibility index (Phi) is 7.77. The van der Waals surface area contributed by atoms with Crippen LogP contribution in [0.1, 0.15) is 24.2 Å². The van der Waals surface area contributed by atoms with E-state index >= 15 is 0 Å². The van der Waals surface area contributed by atoms with E-state index in [1.165, 1.54) is 12.1 Å². The molecule has 0 fully saturated rings. The Balaban J connectivity index is 0.00000289. The fourth-order valence-electron chi connectivity index (χ4n) is 1.54. The minimum absolute atomic E-state index is 0. The van der Waals surface area contributed by atoms with Gasteiger partial charge in [-0.05, 0) is 13.8 Å². The molecule has 0 aliphatic carbocycles. The van der Waals surface area contributed by atoms with Crippen LogP contribution in [0.25, 0.3) is 0 Å². The minimum Gasteiger partial charge on any atom is -0.445 e. The molecule has 7 heteroatoms. The summed E-state index contributed by atoms with van der Waals surface area (Å²) in [5, 5.41) is 0. The van der Waals surface area contributed by atoms with Crippen molar-refractivity contribution in [1.29, 1.82) is 0 Å². The van der Waals surface area contributed by atoms with Crippen LogP contribution >= 0.6 is 0 Å². The zero-order chi connectivity index (χ0) is 13.1. The van der Waals surface area contributed by atoms with Crippen molar-refractivity contribution in [1.82, 2.24) is 4.90 Å². The van der Waals surface area contributed by atoms with Gasteiger partial charge in [0.2, 0.25) is 0 Å². The van der Waals surface area contributed by atoms with Gasteiger partial charge in [0.15, 0.2) is 0 Å². The van der Waals surface area contributed by atoms with Crippen molar-refractivity contribution < 1.29 is 69.1 Å². The normalized spacial score (nSPS) is 10.7. The van der Waals surface area contributed by atoms with Gasteiger partial charge in [-0.15, -0.1) is 5.46 Å². The Hall–Kier alpha value is 0.181. The SMILES string of the molecule is CCN(CC)C(=O)c1ccc([B-](F)(F)F)cc1.[K+]. The van der Waals surface area contributed by atoms with Gasteiger partial charge in [-0.1, -0.05) is 24.3 Å². The Bertz CT molecular complexity index is 390. The third-order valence-corrected chi connectivity index (χ3v) is 2.59. The predicted molar refractivity (Wildman–Crippen MR) is 62.4 cm³/mol. The molecule has 0 aliphatic rings. The summed E-state index contributed by atoms with van der Waals surface area (Å²) in [7, 11) is 0. The molecule has 1 rings (SSSR count). The largest absolute Gasteiger partial charge is 1.00 e. The van der Waals surface area contributed by atoms with Crippen LogP contribution < -0.4 is 56.8 Å². The van der Waals surface area contributed by atoms with Crippen molar-refractivity contribution in [2.45, 2.75) is 13.8 Å². The van der Waals surface area contributed by atoms with Crippen LogP contribution in [0.2, 0.25) is 0 Å². The molecule has 0 saturated heterocycles. The number of rotatable bonds is 4. The smallest absolute Gasteiger partial charge is 0.445 e. The molecule has 0 saturated carbocycles. The fraction of sp³-hybridized carbons (Fsp3) is 0.364. The average molecular weight is 283 g/mol. The summed E-state index contributed by atoms with van der Waals surface area (Å²) in [5.41, 5.74) is -0.390. The molecule has 0 heterocycles. The van der Waals surface area contributed by atoms with E-state index in [2.05, 4.69) is 0 Å². The van der Waals surface area contributed by atoms with Crippen LogP contribution in [0.5, 0.6) is 0 Å². The van der Waals surface area contributed by atoms with Crippen molar-refractivity contribution in [3.05, 3.63) is 29.8 Å². The first-order valence-corrected chi connectivity index (χ1v) is 5.49. The molecule has 2 nitrogen and oxygen atoms in total. The van der Waals surface area contributed by atoms with E-state index in [4.69, 9.17) is 0 Å². The fourth-order valence-corrected chi connectivity index (χ4v) is 1.54. The maximum absolute atomic E-state index is 12.4. The van der Waals surface area contributed by atoms with E-state index in [-0.39, 0.29) is 62.9 Å². The Morgan fingerprint density at radius 2 is 1.56 bits per heavy atom. The summed E-state index contributed by atoms with van der Waals surface area (Å²) < 4.78 is 37.1. The Morgan fingerprint density at radius 1 is 1.11 bits per heavy atom. The topological polar surface area (TPSA) is 20.3 Å². The maximum Gasteiger partial charge on any atom is 1.00 e. The molecular formula is C11H14BF3KNO. The number of hydrogen-bond donors (Lipinski definition) is 0. The van der Waals surface area contributed by atoms with E-state index < -0.39 is 12.4 Å². The Labute approximate surface area is 147 Å². The molecule has 0 bridgehead atoms. The van der Waals surface area contributed by atoms with Crippen molar-refractivity contribution in [2.24, 2.45) is 0 Å². The van der Waals surface area contributed by atoms with E-state index in [0.29, 0.717) is 13.1 Å². The van der Waals surface area contributed by atoms with Crippen LogP contribution in [-0.2, 0) is 0 Å². The molecule has 0 N–H and O–H groups in total. The van der Waals surface area contributed by atoms with Crippen LogP contribution in [0.15, 0.2) is 24.3 Å². The van der Waals surface area contributed by atoms with Crippen LogP contribution in [0.3, 0.4) is 0 Å². The monoisotopic (exact) mass is 283 g/mol. The van der Waals surface area contributed by atoms with E-state index in [9.17, 15) is 17.7 Å². The van der Waals surface area contributed by atoms with Gasteiger partial charge in [-0.25, -0.2) is 0 Å². The van der Waals surface area contributed by atoms with Crippen LogP contribution in [0, 0.1) is 0 Å². The number of hydrogen-bond acceptors (Lipinski definition) is 1. The first-order valence-electron chi connectivity index (χ1n) is 5.49. The van der Waals surface area contributed by atoms with Gasteiger partial charge in [0.05, 0.1) is 0 Å². The van der Waals surface area contributed by atoms with Gasteiger partial charge in [-0.3, -0.25) is 4.79 Å². The van der Waals surface area contributed by atoms with Crippen molar-refractivity contribution >= 4 is 18.3 Å². The quantitative estimate of drug-likeness (QED) is 0.664. The molecule has 94 valence electrons. The summed E-state index contributed by atoms with van der Waals surface area (Å²) in [5.74, 6) is -0.240. The molecule has 1 amide bonds. The first kappa shape index (κ1) is 18.2. The molecular weight excluding hydrogens is 269 g/mol. The molecule has 0 unspecified atom stereocenters. The van der Waals surface area contributed by atoms with Crippen molar-refractivity contribution in [3.8, 4) is 0 Å². The molecule has 18 heavy (non-hydrogen) atoms. The molecule has 0 aromatic heterocycles. The number of nitrogens with zero attached hydrogens (tertiary/aromatic N) is 1. The average Bonchev–Trinajstić information content (AvgIpc) is 2.29. The second kappa shape index (κ2) is 7.69. The van der Waals surface area contributed by atoms with Gasteiger partial charge >= 0.3 is 58.4 Å². The van der Waals surface area contributed by atoms with E-state index in [1.807, 2.05) is 13.8 Å². The summed E-state index contributed by atoms with van der Waals surface area (Å²) in [6, 6.07) is 4.36. The second-order valence-corrected chi connectivity index (χ2v) is 3.67. The summed E-state index contributed by atoms with van der Waals surface area (Å²) in [4.78, 5) is 13.4. The number of carbonyl (C=O) groups is 1. The standard InChI is InChI=1S/C11H14BF3NO.K/c1-3-16(4-2)11(17)9-5-7-10(8-6-9)12(13,14)15;/h5-8H,3-4H2,1-2H3;/q-1;+1. The minimum atomic E-state index is -4.99. The Morgan fingerprint density at radius 3 is 1.89 bits per heavy atom. The van der Waals surface area contributed by atoms with Gasteiger partial charge in [0.25, 0.3) is 5.91 Å². The van der Waals surface area contributed by atoms with E-state index in [0.717, 1.165) is 12.1 Å². The molecule has 0 aliphatic heterocycles. The van der Waals surface area contributed by atoms with Crippen LogP contribution in [0.4, 0.5) is 12.9 Å². The third-order valence-electron chi connectivity index (χ3n) is 2.59.